The minimum Gasteiger partial charge on any atom is -0.465 e. The molecule has 0 spiro atoms. The van der Waals surface area contributed by atoms with Gasteiger partial charge in [0.25, 0.3) is 0 Å². The van der Waals surface area contributed by atoms with Crippen molar-refractivity contribution in [1.82, 2.24) is 24.8 Å². The van der Waals surface area contributed by atoms with E-state index >= 15 is 0 Å². The van der Waals surface area contributed by atoms with Crippen LogP contribution in [0, 0.1) is 5.82 Å². The summed E-state index contributed by atoms with van der Waals surface area (Å²) in [6.45, 7) is 6.07. The number of nitrogens with one attached hydrogen (secondary N) is 1. The Morgan fingerprint density at radius 1 is 1.15 bits per heavy atom. The number of carbonyl (C=O) groups excluding carboxylic acids is 1. The number of carbonyl (C=O) groups is 2. The highest BCUT2D eigenvalue weighted by molar-refractivity contribution is 6.37. The Kier molecular flexibility index (Phi) is 9.07. The minimum atomic E-state index is -1.06. The van der Waals surface area contributed by atoms with Crippen molar-refractivity contribution < 1.29 is 19.1 Å². The SMILES string of the molecule is CC(C)c1ncnc(Cl)c1NC(=O)N=C(c1cc(Cl)c(-c2ccccc2F)nc1Cl)N1CCN(C(=O)O)C[C@@H]1C. The molecule has 3 aromatic rings. The number of nitrogens with zero attached hydrogens (tertiary/aromatic N) is 6. The summed E-state index contributed by atoms with van der Waals surface area (Å²) < 4.78 is 14.5. The molecule has 4 rings (SSSR count). The van der Waals surface area contributed by atoms with Gasteiger partial charge in [-0.25, -0.2) is 28.9 Å². The zero-order chi connectivity index (χ0) is 29.1. The first-order chi connectivity index (χ1) is 19.0. The van der Waals surface area contributed by atoms with E-state index in [1.165, 1.54) is 29.4 Å². The number of aliphatic imine (C=N–C) groups is 1. The maximum Gasteiger partial charge on any atom is 0.407 e. The average Bonchev–Trinajstić information content (AvgIpc) is 2.90. The van der Waals surface area contributed by atoms with Crippen LogP contribution in [0.3, 0.4) is 0 Å². The summed E-state index contributed by atoms with van der Waals surface area (Å²) in [6.07, 6.45) is 0.246. The van der Waals surface area contributed by atoms with Crippen LogP contribution in [0.1, 0.15) is 37.9 Å². The van der Waals surface area contributed by atoms with Crippen LogP contribution < -0.4 is 5.32 Å². The molecule has 10 nitrogen and oxygen atoms in total. The number of pyridine rings is 1. The third kappa shape index (κ3) is 6.27. The molecule has 210 valence electrons. The fourth-order valence-corrected chi connectivity index (χ4v) is 5.02. The van der Waals surface area contributed by atoms with E-state index in [1.807, 2.05) is 13.8 Å². The van der Waals surface area contributed by atoms with Crippen molar-refractivity contribution in [2.24, 2.45) is 4.99 Å². The molecule has 0 unspecified atom stereocenters. The third-order valence-electron chi connectivity index (χ3n) is 6.29. The van der Waals surface area contributed by atoms with Crippen molar-refractivity contribution in [1.29, 1.82) is 0 Å². The van der Waals surface area contributed by atoms with Crippen molar-refractivity contribution in [3.63, 3.8) is 0 Å². The molecule has 1 atom stereocenters. The van der Waals surface area contributed by atoms with Crippen LogP contribution >= 0.6 is 34.8 Å². The Morgan fingerprint density at radius 3 is 2.52 bits per heavy atom. The van der Waals surface area contributed by atoms with Crippen molar-refractivity contribution in [2.45, 2.75) is 32.7 Å². The Bertz CT molecular complexity index is 1490. The second-order valence-electron chi connectivity index (χ2n) is 9.35. The van der Waals surface area contributed by atoms with Gasteiger partial charge in [-0.15, -0.1) is 0 Å². The summed E-state index contributed by atoms with van der Waals surface area (Å²) in [5.41, 5.74) is 1.21. The number of halogens is 4. The maximum atomic E-state index is 14.5. The van der Waals surface area contributed by atoms with Gasteiger partial charge < -0.3 is 20.2 Å². The predicted octanol–water partition coefficient (Wildman–Crippen LogP) is 6.42. The number of anilines is 1. The molecule has 3 amide bonds. The number of amidine groups is 1. The van der Waals surface area contributed by atoms with Crippen molar-refractivity contribution in [3.8, 4) is 11.3 Å². The summed E-state index contributed by atoms with van der Waals surface area (Å²) in [5.74, 6) is -0.504. The van der Waals surface area contributed by atoms with Gasteiger partial charge in [0.05, 0.1) is 22.0 Å². The molecule has 2 N–H and O–H groups in total. The van der Waals surface area contributed by atoms with Gasteiger partial charge in [0.2, 0.25) is 0 Å². The molecule has 2 aromatic heterocycles. The second-order valence-corrected chi connectivity index (χ2v) is 10.5. The standard InChI is InChI=1S/C26H25Cl3FN7O3/c1-13(2)19-21(23(29)32-12-31-19)34-25(38)35-24(37-9-8-36(26(39)40)11-14(37)3)16-10-17(27)20(33-22(16)28)15-6-4-5-7-18(15)30/h4-7,10,12-14H,8-9,11H2,1-3H3,(H,34,38)(H,39,40)/t14-/m0/s1. The smallest absolute Gasteiger partial charge is 0.407 e. The summed E-state index contributed by atoms with van der Waals surface area (Å²) in [7, 11) is 0. The van der Waals surface area contributed by atoms with Crippen molar-refractivity contribution >= 4 is 58.5 Å². The van der Waals surface area contributed by atoms with Gasteiger partial charge in [-0.3, -0.25) is 0 Å². The lowest BCUT2D eigenvalue weighted by atomic mass is 10.1. The molecule has 1 aliphatic heterocycles. The number of hydrogen-bond donors (Lipinski definition) is 2. The van der Waals surface area contributed by atoms with Crippen LogP contribution in [0.2, 0.25) is 15.3 Å². The maximum absolute atomic E-state index is 14.5. The monoisotopic (exact) mass is 607 g/mol. The predicted molar refractivity (Wildman–Crippen MR) is 152 cm³/mol. The quantitative estimate of drug-likeness (QED) is 0.151. The first-order valence-electron chi connectivity index (χ1n) is 12.2. The van der Waals surface area contributed by atoms with Crippen LogP contribution in [0.4, 0.5) is 19.7 Å². The first-order valence-corrected chi connectivity index (χ1v) is 13.4. The van der Waals surface area contributed by atoms with Crippen molar-refractivity contribution in [3.05, 3.63) is 69.1 Å². The van der Waals surface area contributed by atoms with Crippen LogP contribution in [0.15, 0.2) is 41.7 Å². The number of amides is 3. The number of carboxylic acid groups (broad SMARTS) is 1. The highest BCUT2D eigenvalue weighted by Crippen LogP contribution is 2.33. The average molecular weight is 609 g/mol. The molecular weight excluding hydrogens is 584 g/mol. The molecule has 1 aromatic carbocycles. The van der Waals surface area contributed by atoms with E-state index in [1.54, 1.807) is 24.0 Å². The van der Waals surface area contributed by atoms with Gasteiger partial charge in [0.1, 0.15) is 28.8 Å². The molecule has 0 aliphatic carbocycles. The second kappa shape index (κ2) is 12.3. The van der Waals surface area contributed by atoms with E-state index in [0.29, 0.717) is 5.69 Å². The van der Waals surface area contributed by atoms with Gasteiger partial charge >= 0.3 is 12.1 Å². The zero-order valence-electron chi connectivity index (χ0n) is 21.7. The van der Waals surface area contributed by atoms with Crippen LogP contribution in [0.5, 0.6) is 0 Å². The van der Waals surface area contributed by atoms with E-state index in [4.69, 9.17) is 34.8 Å². The Morgan fingerprint density at radius 2 is 1.88 bits per heavy atom. The third-order valence-corrected chi connectivity index (χ3v) is 7.15. The highest BCUT2D eigenvalue weighted by Gasteiger charge is 2.31. The lowest BCUT2D eigenvalue weighted by molar-refractivity contribution is 0.106. The van der Waals surface area contributed by atoms with Crippen LogP contribution in [-0.2, 0) is 0 Å². The molecule has 1 saturated heterocycles. The topological polar surface area (TPSA) is 124 Å². The van der Waals surface area contributed by atoms with Crippen LogP contribution in [-0.4, -0.2) is 73.5 Å². The Labute approximate surface area is 244 Å². The number of hydrogen-bond acceptors (Lipinski definition) is 5. The van der Waals surface area contributed by atoms with E-state index < -0.39 is 24.0 Å². The van der Waals surface area contributed by atoms with Gasteiger partial charge in [-0.2, -0.15) is 4.99 Å². The normalized spacial score (nSPS) is 15.9. The Hall–Kier alpha value is -3.54. The Balaban J connectivity index is 1.79. The number of aromatic nitrogens is 3. The number of rotatable bonds is 4. The van der Waals surface area contributed by atoms with Gasteiger partial charge in [0, 0.05) is 31.2 Å². The molecular formula is C26H25Cl3FN7O3. The lowest BCUT2D eigenvalue weighted by Crippen LogP contribution is -2.55. The van der Waals surface area contributed by atoms with Gasteiger partial charge in [-0.1, -0.05) is 60.8 Å². The minimum absolute atomic E-state index is 0.0456. The molecule has 40 heavy (non-hydrogen) atoms. The number of benzene rings is 1. The molecule has 3 heterocycles. The number of urea groups is 1. The van der Waals surface area contributed by atoms with E-state index in [-0.39, 0.29) is 69.2 Å². The molecule has 0 radical (unpaired) electrons. The lowest BCUT2D eigenvalue weighted by Gasteiger charge is -2.40. The van der Waals surface area contributed by atoms with Gasteiger partial charge in [0.15, 0.2) is 5.15 Å². The van der Waals surface area contributed by atoms with E-state index in [2.05, 4.69) is 25.3 Å². The zero-order valence-corrected chi connectivity index (χ0v) is 24.0. The molecule has 1 fully saturated rings. The van der Waals surface area contributed by atoms with Crippen molar-refractivity contribution in [2.75, 3.05) is 25.0 Å². The highest BCUT2D eigenvalue weighted by atomic mass is 35.5. The summed E-state index contributed by atoms with van der Waals surface area (Å²) in [5, 5.41) is 12.2. The molecule has 14 heteroatoms. The first kappa shape index (κ1) is 29.4. The van der Waals surface area contributed by atoms with E-state index in [9.17, 15) is 19.1 Å². The van der Waals surface area contributed by atoms with Gasteiger partial charge in [-0.05, 0) is 31.0 Å². The van der Waals surface area contributed by atoms with E-state index in [0.717, 1.165) is 0 Å². The summed E-state index contributed by atoms with van der Waals surface area (Å²) >= 11 is 19.4. The van der Waals surface area contributed by atoms with Crippen LogP contribution in [0.25, 0.3) is 11.3 Å². The fraction of sp³-hybridized carbons (Fsp3) is 0.308. The summed E-state index contributed by atoms with van der Waals surface area (Å²) in [6, 6.07) is 6.24. The largest absolute Gasteiger partial charge is 0.465 e. The summed E-state index contributed by atoms with van der Waals surface area (Å²) in [4.78, 5) is 44.7. The fourth-order valence-electron chi connectivity index (χ4n) is 4.35. The molecule has 0 saturated carbocycles. The molecule has 1 aliphatic rings. The molecule has 0 bridgehead atoms. The number of piperazine rings is 1.